The lowest BCUT2D eigenvalue weighted by molar-refractivity contribution is -0.150. The van der Waals surface area contributed by atoms with Gasteiger partial charge in [-0.3, -0.25) is 0 Å². The Labute approximate surface area is 102 Å². The van der Waals surface area contributed by atoms with Gasteiger partial charge in [0.05, 0.1) is 18.7 Å². The number of benzene rings is 1. The van der Waals surface area contributed by atoms with Crippen LogP contribution >= 0.6 is 15.9 Å². The number of esters is 1. The van der Waals surface area contributed by atoms with Crippen LogP contribution < -0.4 is 4.74 Å². The van der Waals surface area contributed by atoms with Crippen LogP contribution in [0.3, 0.4) is 0 Å². The molecular weight excluding hydrogens is 276 g/mol. The zero-order valence-corrected chi connectivity index (χ0v) is 10.9. The minimum Gasteiger partial charge on any atom is -0.495 e. The van der Waals surface area contributed by atoms with E-state index in [0.717, 1.165) is 5.56 Å². The highest BCUT2D eigenvalue weighted by Crippen LogP contribution is 2.34. The Morgan fingerprint density at radius 3 is 2.56 bits per heavy atom. The number of carbonyl (C=O) groups is 1. The summed E-state index contributed by atoms with van der Waals surface area (Å²) in [4.78, 5) is 11.3. The number of aliphatic hydroxyl groups is 1. The van der Waals surface area contributed by atoms with Gasteiger partial charge in [-0.25, -0.2) is 4.79 Å². The Hall–Kier alpha value is -1.07. The van der Waals surface area contributed by atoms with Gasteiger partial charge in [-0.15, -0.1) is 0 Å². The van der Waals surface area contributed by atoms with Crippen LogP contribution in [0.15, 0.2) is 16.6 Å². The van der Waals surface area contributed by atoms with Crippen LogP contribution in [-0.4, -0.2) is 25.3 Å². The number of halogens is 1. The number of ether oxygens (including phenoxy) is 2. The fraction of sp³-hybridized carbons (Fsp3) is 0.364. The van der Waals surface area contributed by atoms with E-state index in [1.165, 1.54) is 14.2 Å². The van der Waals surface area contributed by atoms with Crippen molar-refractivity contribution in [2.45, 2.75) is 13.0 Å². The first-order valence-corrected chi connectivity index (χ1v) is 5.40. The molecule has 0 heterocycles. The molecule has 0 aromatic heterocycles. The highest BCUT2D eigenvalue weighted by molar-refractivity contribution is 9.10. The molecule has 0 bridgehead atoms. The molecule has 88 valence electrons. The number of carbonyl (C=O) groups excluding carboxylic acids is 1. The van der Waals surface area contributed by atoms with Crippen molar-refractivity contribution >= 4 is 21.9 Å². The molecule has 1 aromatic carbocycles. The van der Waals surface area contributed by atoms with Gasteiger partial charge < -0.3 is 14.6 Å². The average Bonchev–Trinajstić information content (AvgIpc) is 2.26. The maximum absolute atomic E-state index is 11.3. The fourth-order valence-corrected chi connectivity index (χ4v) is 2.16. The third kappa shape index (κ3) is 2.54. The monoisotopic (exact) mass is 288 g/mol. The molecule has 0 aliphatic rings. The van der Waals surface area contributed by atoms with E-state index in [-0.39, 0.29) is 0 Å². The second-order valence-electron chi connectivity index (χ2n) is 3.29. The maximum Gasteiger partial charge on any atom is 0.339 e. The van der Waals surface area contributed by atoms with E-state index in [2.05, 4.69) is 20.7 Å². The number of methoxy groups -OCH3 is 2. The van der Waals surface area contributed by atoms with E-state index >= 15 is 0 Å². The minimum atomic E-state index is -1.34. The summed E-state index contributed by atoms with van der Waals surface area (Å²) in [6.45, 7) is 1.86. The molecule has 0 radical (unpaired) electrons. The van der Waals surface area contributed by atoms with E-state index < -0.39 is 12.1 Å². The van der Waals surface area contributed by atoms with Gasteiger partial charge in [0.15, 0.2) is 6.10 Å². The normalized spacial score (nSPS) is 12.1. The molecule has 1 rings (SSSR count). The first-order valence-electron chi connectivity index (χ1n) is 4.61. The van der Waals surface area contributed by atoms with Crippen molar-refractivity contribution in [2.24, 2.45) is 0 Å². The SMILES string of the molecule is COC(=O)C(O)c1cc(C)cc(Br)c1OC. The molecule has 4 nitrogen and oxygen atoms in total. The Morgan fingerprint density at radius 1 is 1.44 bits per heavy atom. The second-order valence-corrected chi connectivity index (χ2v) is 4.15. The lowest BCUT2D eigenvalue weighted by atomic mass is 10.1. The molecule has 5 heteroatoms. The molecule has 16 heavy (non-hydrogen) atoms. The lowest BCUT2D eigenvalue weighted by Gasteiger charge is -2.15. The molecule has 0 saturated carbocycles. The Kier molecular flexibility index (Phi) is 4.32. The van der Waals surface area contributed by atoms with Crippen molar-refractivity contribution in [3.05, 3.63) is 27.7 Å². The average molecular weight is 289 g/mol. The molecular formula is C11H13BrO4. The molecule has 0 saturated heterocycles. The number of aryl methyl sites for hydroxylation is 1. The highest BCUT2D eigenvalue weighted by atomic mass is 79.9. The molecule has 1 N–H and O–H groups in total. The Morgan fingerprint density at radius 2 is 2.06 bits per heavy atom. The standard InChI is InChI=1S/C11H13BrO4/c1-6-4-7(9(13)11(14)16-3)10(15-2)8(12)5-6/h4-5,9,13H,1-3H3. The zero-order chi connectivity index (χ0) is 12.3. The molecule has 1 aromatic rings. The summed E-state index contributed by atoms with van der Waals surface area (Å²) < 4.78 is 10.3. The van der Waals surface area contributed by atoms with Crippen molar-refractivity contribution in [2.75, 3.05) is 14.2 Å². The summed E-state index contributed by atoms with van der Waals surface area (Å²) in [6.07, 6.45) is -1.34. The molecule has 1 atom stereocenters. The van der Waals surface area contributed by atoms with Gasteiger partial charge in [0.2, 0.25) is 0 Å². The topological polar surface area (TPSA) is 55.8 Å². The molecule has 0 aliphatic heterocycles. The molecule has 0 fully saturated rings. The van der Waals surface area contributed by atoms with Crippen molar-refractivity contribution in [1.29, 1.82) is 0 Å². The third-order valence-electron chi connectivity index (χ3n) is 2.14. The van der Waals surface area contributed by atoms with E-state index in [9.17, 15) is 9.90 Å². The van der Waals surface area contributed by atoms with Crippen molar-refractivity contribution in [3.8, 4) is 5.75 Å². The van der Waals surface area contributed by atoms with Crippen LogP contribution in [0, 0.1) is 6.92 Å². The van der Waals surface area contributed by atoms with Gasteiger partial charge in [0, 0.05) is 5.56 Å². The zero-order valence-electron chi connectivity index (χ0n) is 9.28. The second kappa shape index (κ2) is 5.32. The van der Waals surface area contributed by atoms with Crippen molar-refractivity contribution in [1.82, 2.24) is 0 Å². The molecule has 0 aliphatic carbocycles. The summed E-state index contributed by atoms with van der Waals surface area (Å²) >= 11 is 3.31. The predicted octanol–water partition coefficient (Wildman–Crippen LogP) is 1.97. The smallest absolute Gasteiger partial charge is 0.339 e. The predicted molar refractivity (Wildman–Crippen MR) is 62.4 cm³/mol. The van der Waals surface area contributed by atoms with Crippen LogP contribution in [0.25, 0.3) is 0 Å². The fourth-order valence-electron chi connectivity index (χ4n) is 1.41. The Balaban J connectivity index is 3.25. The van der Waals surface area contributed by atoms with Crippen LogP contribution in [0.2, 0.25) is 0 Å². The molecule has 0 spiro atoms. The summed E-state index contributed by atoms with van der Waals surface area (Å²) in [6, 6.07) is 3.53. The van der Waals surface area contributed by atoms with Gasteiger partial charge in [-0.2, -0.15) is 0 Å². The molecule has 1 unspecified atom stereocenters. The Bertz CT molecular complexity index is 403. The van der Waals surface area contributed by atoms with Crippen LogP contribution in [-0.2, 0) is 9.53 Å². The number of hydrogen-bond acceptors (Lipinski definition) is 4. The first kappa shape index (κ1) is 13.0. The van der Waals surface area contributed by atoms with Gasteiger partial charge in [0.1, 0.15) is 5.75 Å². The largest absolute Gasteiger partial charge is 0.495 e. The van der Waals surface area contributed by atoms with Crippen LogP contribution in [0.4, 0.5) is 0 Å². The number of aliphatic hydroxyl groups excluding tert-OH is 1. The quantitative estimate of drug-likeness (QED) is 0.864. The lowest BCUT2D eigenvalue weighted by Crippen LogP contribution is -2.14. The van der Waals surface area contributed by atoms with Crippen molar-refractivity contribution in [3.63, 3.8) is 0 Å². The van der Waals surface area contributed by atoms with E-state index in [0.29, 0.717) is 15.8 Å². The maximum atomic E-state index is 11.3. The minimum absolute atomic E-state index is 0.390. The summed E-state index contributed by atoms with van der Waals surface area (Å²) in [5.74, 6) is -0.278. The van der Waals surface area contributed by atoms with E-state index in [4.69, 9.17) is 4.74 Å². The van der Waals surface area contributed by atoms with Crippen LogP contribution in [0.1, 0.15) is 17.2 Å². The van der Waals surface area contributed by atoms with Gasteiger partial charge in [0.25, 0.3) is 0 Å². The van der Waals surface area contributed by atoms with Gasteiger partial charge >= 0.3 is 5.97 Å². The highest BCUT2D eigenvalue weighted by Gasteiger charge is 2.23. The summed E-state index contributed by atoms with van der Waals surface area (Å²) in [5.41, 5.74) is 1.30. The summed E-state index contributed by atoms with van der Waals surface area (Å²) in [7, 11) is 2.70. The van der Waals surface area contributed by atoms with Crippen molar-refractivity contribution < 1.29 is 19.4 Å². The number of hydrogen-bond donors (Lipinski definition) is 1. The van der Waals surface area contributed by atoms with Gasteiger partial charge in [-0.1, -0.05) is 0 Å². The molecule has 0 amide bonds. The van der Waals surface area contributed by atoms with E-state index in [1.54, 1.807) is 6.07 Å². The van der Waals surface area contributed by atoms with Crippen LogP contribution in [0.5, 0.6) is 5.75 Å². The third-order valence-corrected chi connectivity index (χ3v) is 2.73. The van der Waals surface area contributed by atoms with E-state index in [1.807, 2.05) is 13.0 Å². The number of rotatable bonds is 3. The first-order chi connectivity index (χ1) is 7.51. The summed E-state index contributed by atoms with van der Waals surface area (Å²) in [5, 5.41) is 9.77. The van der Waals surface area contributed by atoms with Gasteiger partial charge in [-0.05, 0) is 40.5 Å².